The molecule has 0 fully saturated rings. The van der Waals surface area contributed by atoms with Crippen LogP contribution in [0.1, 0.15) is 56.0 Å². The highest BCUT2D eigenvalue weighted by molar-refractivity contribution is 7.92. The number of nitrogens with zero attached hydrogens (tertiary/aromatic N) is 2. The van der Waals surface area contributed by atoms with Gasteiger partial charge in [-0.05, 0) is 82.5 Å². The summed E-state index contributed by atoms with van der Waals surface area (Å²) < 4.78 is 52.5. The first-order valence-electron chi connectivity index (χ1n) is 17.2. The van der Waals surface area contributed by atoms with Gasteiger partial charge in [-0.15, -0.1) is 0 Å². The summed E-state index contributed by atoms with van der Waals surface area (Å²) in [5, 5.41) is 13.2. The lowest BCUT2D eigenvalue weighted by atomic mass is 10.0. The van der Waals surface area contributed by atoms with Gasteiger partial charge in [0, 0.05) is 50.1 Å². The molecule has 4 atom stereocenters. The Morgan fingerprint density at radius 3 is 2.45 bits per heavy atom. The van der Waals surface area contributed by atoms with Crippen LogP contribution < -0.4 is 24.2 Å². The van der Waals surface area contributed by atoms with Crippen molar-refractivity contribution in [3.05, 3.63) is 71.8 Å². The van der Waals surface area contributed by atoms with Crippen molar-refractivity contribution in [2.24, 2.45) is 5.92 Å². The zero-order valence-electron chi connectivity index (χ0n) is 29.8. The molecule has 0 saturated carbocycles. The number of fused-ring (bicyclic) bond motifs is 2. The molecule has 0 saturated heterocycles. The van der Waals surface area contributed by atoms with Crippen molar-refractivity contribution in [3.8, 4) is 17.2 Å². The average molecular weight is 725 g/mol. The summed E-state index contributed by atoms with van der Waals surface area (Å²) >= 11 is 0. The highest BCUT2D eigenvalue weighted by Gasteiger charge is 2.31. The minimum absolute atomic E-state index is 0.0920. The number of urea groups is 1. The van der Waals surface area contributed by atoms with Gasteiger partial charge in [0.25, 0.3) is 15.9 Å². The summed E-state index contributed by atoms with van der Waals surface area (Å²) in [5.41, 5.74) is 1.84. The lowest BCUT2D eigenvalue weighted by molar-refractivity contribution is -0.0115. The molecule has 14 heteroatoms. The van der Waals surface area contributed by atoms with Gasteiger partial charge < -0.3 is 39.2 Å². The van der Waals surface area contributed by atoms with E-state index < -0.39 is 28.1 Å². The van der Waals surface area contributed by atoms with E-state index in [2.05, 4.69) is 10.0 Å². The van der Waals surface area contributed by atoms with Crippen LogP contribution in [0.15, 0.2) is 65.6 Å². The number of aliphatic hydroxyl groups is 1. The molecule has 51 heavy (non-hydrogen) atoms. The zero-order valence-corrected chi connectivity index (χ0v) is 30.6. The van der Waals surface area contributed by atoms with Gasteiger partial charge in [-0.3, -0.25) is 9.52 Å². The number of aliphatic hydroxyl groups excluding tert-OH is 1. The van der Waals surface area contributed by atoms with Gasteiger partial charge in [-0.1, -0.05) is 24.6 Å². The molecule has 0 unspecified atom stereocenters. The van der Waals surface area contributed by atoms with E-state index in [0.29, 0.717) is 36.0 Å². The maximum absolute atomic E-state index is 14.4. The summed E-state index contributed by atoms with van der Waals surface area (Å²) in [4.78, 5) is 30.9. The standard InChI is InChI=1S/C37H48N4O9S/c1-24-9-13-30(14-10-24)51(45,46)39-29-12-15-32-31(18-29)36(43)41(26(3)22-42)20-25(2)35(47-17-7-6-8-27(4)50-32)21-40(5)37(44)38-28-11-16-33-34(19-28)49-23-48-33/h9-16,18-19,25-27,35,39,42H,6-8,17,20-23H2,1-5H3,(H,38,44)/t25-,26+,27+,35+/m0/s1. The fourth-order valence-corrected chi connectivity index (χ4v) is 6.98. The maximum atomic E-state index is 14.4. The second kappa shape index (κ2) is 16.7. The molecule has 276 valence electrons. The van der Waals surface area contributed by atoms with Crippen molar-refractivity contribution in [1.82, 2.24) is 9.80 Å². The number of hydrogen-bond acceptors (Lipinski definition) is 9. The number of rotatable bonds is 8. The number of anilines is 2. The molecule has 3 N–H and O–H groups in total. The fraction of sp³-hybridized carbons (Fsp3) is 0.459. The molecule has 2 aliphatic heterocycles. The molecule has 2 aliphatic rings. The lowest BCUT2D eigenvalue weighted by Gasteiger charge is -2.35. The molecule has 0 aromatic heterocycles. The molecule has 3 aromatic carbocycles. The van der Waals surface area contributed by atoms with Crippen LogP contribution in [0.4, 0.5) is 16.2 Å². The van der Waals surface area contributed by atoms with Gasteiger partial charge in [0.05, 0.1) is 35.3 Å². The van der Waals surface area contributed by atoms with Crippen molar-refractivity contribution in [3.63, 3.8) is 0 Å². The van der Waals surface area contributed by atoms with Gasteiger partial charge in [-0.2, -0.15) is 0 Å². The number of carbonyl (C=O) groups excluding carboxylic acids is 2. The number of aryl methyl sites for hydroxylation is 1. The topological polar surface area (TPSA) is 156 Å². The molecule has 0 radical (unpaired) electrons. The molecule has 0 spiro atoms. The second-order valence-corrected chi connectivity index (χ2v) is 15.0. The first-order chi connectivity index (χ1) is 24.3. The van der Waals surface area contributed by atoms with Gasteiger partial charge in [0.15, 0.2) is 11.5 Å². The number of amides is 3. The highest BCUT2D eigenvalue weighted by Crippen LogP contribution is 2.34. The first-order valence-corrected chi connectivity index (χ1v) is 18.7. The van der Waals surface area contributed by atoms with Gasteiger partial charge >= 0.3 is 6.03 Å². The Labute approximate surface area is 299 Å². The molecular weight excluding hydrogens is 676 g/mol. The third-order valence-electron chi connectivity index (χ3n) is 9.06. The van der Waals surface area contributed by atoms with Crippen molar-refractivity contribution >= 4 is 33.3 Å². The van der Waals surface area contributed by atoms with Gasteiger partial charge in [0.2, 0.25) is 6.79 Å². The normalized spacial score (nSPS) is 20.4. The zero-order chi connectivity index (χ0) is 36.7. The van der Waals surface area contributed by atoms with E-state index in [0.717, 1.165) is 18.4 Å². The molecule has 0 aliphatic carbocycles. The molecule has 3 amide bonds. The highest BCUT2D eigenvalue weighted by atomic mass is 32.2. The van der Waals surface area contributed by atoms with Gasteiger partial charge in [0.1, 0.15) is 5.75 Å². The second-order valence-electron chi connectivity index (χ2n) is 13.3. The van der Waals surface area contributed by atoms with E-state index in [4.69, 9.17) is 18.9 Å². The van der Waals surface area contributed by atoms with Crippen LogP contribution in [0.5, 0.6) is 17.2 Å². The van der Waals surface area contributed by atoms with E-state index in [9.17, 15) is 23.1 Å². The lowest BCUT2D eigenvalue weighted by Crippen LogP contribution is -2.48. The number of carbonyl (C=O) groups is 2. The Kier molecular flexibility index (Phi) is 12.3. The minimum atomic E-state index is -3.95. The summed E-state index contributed by atoms with van der Waals surface area (Å²) in [7, 11) is -2.27. The summed E-state index contributed by atoms with van der Waals surface area (Å²) in [6, 6.07) is 15.4. The van der Waals surface area contributed by atoms with Crippen LogP contribution in [-0.4, -0.2) is 93.7 Å². The number of nitrogens with one attached hydrogen (secondary N) is 2. The number of benzene rings is 3. The Morgan fingerprint density at radius 2 is 1.71 bits per heavy atom. The van der Waals surface area contributed by atoms with E-state index in [-0.39, 0.29) is 60.7 Å². The summed E-state index contributed by atoms with van der Waals surface area (Å²) in [6.45, 7) is 8.14. The smallest absolute Gasteiger partial charge is 0.321 e. The Morgan fingerprint density at radius 1 is 1.00 bits per heavy atom. The van der Waals surface area contributed by atoms with Crippen molar-refractivity contribution in [2.45, 2.75) is 70.1 Å². The van der Waals surface area contributed by atoms with Gasteiger partial charge in [-0.25, -0.2) is 13.2 Å². The summed E-state index contributed by atoms with van der Waals surface area (Å²) in [5.74, 6) is 0.768. The SMILES string of the molecule is Cc1ccc(S(=O)(=O)Nc2ccc3c(c2)C(=O)N([C@H](C)CO)C[C@H](C)[C@@H](CN(C)C(=O)Nc2ccc4c(c2)OCO4)OCCCC[C@@H](C)O3)cc1. The third-order valence-corrected chi connectivity index (χ3v) is 10.5. The first kappa shape index (κ1) is 37.7. The van der Waals surface area contributed by atoms with E-state index in [1.54, 1.807) is 61.3 Å². The van der Waals surface area contributed by atoms with E-state index in [1.165, 1.54) is 23.1 Å². The van der Waals surface area contributed by atoms with Crippen LogP contribution in [0.3, 0.4) is 0 Å². The van der Waals surface area contributed by atoms with Crippen LogP contribution in [0, 0.1) is 12.8 Å². The molecule has 3 aromatic rings. The monoisotopic (exact) mass is 724 g/mol. The quantitative estimate of drug-likeness (QED) is 0.274. The third kappa shape index (κ3) is 9.63. The fourth-order valence-electron chi connectivity index (χ4n) is 5.93. The minimum Gasteiger partial charge on any atom is -0.490 e. The summed E-state index contributed by atoms with van der Waals surface area (Å²) in [6.07, 6.45) is 1.54. The Bertz CT molecular complexity index is 1790. The molecular formula is C37H48N4O9S. The number of sulfonamides is 1. The Hall–Kier alpha value is -4.53. The number of hydrogen-bond donors (Lipinski definition) is 3. The van der Waals surface area contributed by atoms with Crippen molar-refractivity contribution in [2.75, 3.05) is 50.2 Å². The number of ether oxygens (including phenoxy) is 4. The molecule has 0 bridgehead atoms. The predicted octanol–water partition coefficient (Wildman–Crippen LogP) is 5.48. The van der Waals surface area contributed by atoms with Crippen LogP contribution in [0.2, 0.25) is 0 Å². The van der Waals surface area contributed by atoms with Crippen LogP contribution in [0.25, 0.3) is 0 Å². The largest absolute Gasteiger partial charge is 0.490 e. The molecule has 2 heterocycles. The average Bonchev–Trinajstić information content (AvgIpc) is 3.57. The predicted molar refractivity (Wildman–Crippen MR) is 193 cm³/mol. The molecule has 5 rings (SSSR count). The van der Waals surface area contributed by atoms with Crippen LogP contribution >= 0.6 is 0 Å². The Balaban J connectivity index is 1.39. The van der Waals surface area contributed by atoms with Crippen molar-refractivity contribution < 1.29 is 42.1 Å². The van der Waals surface area contributed by atoms with Crippen LogP contribution in [-0.2, 0) is 14.8 Å². The van der Waals surface area contributed by atoms with E-state index in [1.807, 2.05) is 20.8 Å². The van der Waals surface area contributed by atoms with Crippen molar-refractivity contribution in [1.29, 1.82) is 0 Å². The maximum Gasteiger partial charge on any atom is 0.321 e. The molecule has 13 nitrogen and oxygen atoms in total. The van der Waals surface area contributed by atoms with E-state index >= 15 is 0 Å². The number of likely N-dealkylation sites (N-methyl/N-ethyl adjacent to an activating group) is 1.